The minimum Gasteiger partial charge on any atom is -0.507 e. The van der Waals surface area contributed by atoms with Crippen LogP contribution in [-0.2, 0) is 6.54 Å². The third-order valence-electron chi connectivity index (χ3n) is 3.20. The number of nitrogens with one attached hydrogen (secondary N) is 2. The van der Waals surface area contributed by atoms with E-state index in [1.807, 2.05) is 12.1 Å². The highest BCUT2D eigenvalue weighted by Crippen LogP contribution is 2.27. The van der Waals surface area contributed by atoms with Crippen molar-refractivity contribution in [1.82, 2.24) is 20.5 Å². The lowest BCUT2D eigenvalue weighted by Crippen LogP contribution is -2.23. The fraction of sp³-hybridized carbons (Fsp3) is 0.0625. The first-order valence-corrected chi connectivity index (χ1v) is 6.75. The van der Waals surface area contributed by atoms with Gasteiger partial charge in [0.2, 0.25) is 0 Å². The predicted octanol–water partition coefficient (Wildman–Crippen LogP) is 2.11. The molecule has 0 spiro atoms. The van der Waals surface area contributed by atoms with Crippen LogP contribution in [0.25, 0.3) is 11.3 Å². The van der Waals surface area contributed by atoms with Crippen molar-refractivity contribution in [3.05, 3.63) is 66.1 Å². The second-order valence-electron chi connectivity index (χ2n) is 4.72. The largest absolute Gasteiger partial charge is 0.507 e. The molecule has 0 unspecified atom stereocenters. The number of phenols is 1. The molecule has 3 N–H and O–H groups in total. The number of H-pyrrole nitrogens is 1. The fourth-order valence-electron chi connectivity index (χ4n) is 2.04. The number of aromatic hydroxyl groups is 1. The number of aromatic nitrogens is 3. The maximum atomic E-state index is 12.1. The summed E-state index contributed by atoms with van der Waals surface area (Å²) >= 11 is 0. The number of carbonyl (C=O) groups is 1. The van der Waals surface area contributed by atoms with Crippen LogP contribution in [0.2, 0.25) is 0 Å². The van der Waals surface area contributed by atoms with E-state index in [1.54, 1.807) is 42.7 Å². The van der Waals surface area contributed by atoms with Gasteiger partial charge >= 0.3 is 0 Å². The SMILES string of the molecule is O=C(NCc1ccncc1)c1cc(-c2ccccc2O)n[nH]1. The van der Waals surface area contributed by atoms with Crippen molar-refractivity contribution >= 4 is 5.91 Å². The average Bonchev–Trinajstić information content (AvgIpc) is 3.04. The third-order valence-corrected chi connectivity index (χ3v) is 3.20. The van der Waals surface area contributed by atoms with Crippen molar-refractivity contribution in [3.63, 3.8) is 0 Å². The molecule has 3 aromatic rings. The summed E-state index contributed by atoms with van der Waals surface area (Å²) in [6.07, 6.45) is 3.35. The Morgan fingerprint density at radius 1 is 1.18 bits per heavy atom. The number of nitrogens with zero attached hydrogens (tertiary/aromatic N) is 2. The van der Waals surface area contributed by atoms with E-state index in [0.717, 1.165) is 5.56 Å². The Morgan fingerprint density at radius 2 is 1.95 bits per heavy atom. The van der Waals surface area contributed by atoms with Crippen LogP contribution in [0, 0.1) is 0 Å². The second kappa shape index (κ2) is 6.09. The summed E-state index contributed by atoms with van der Waals surface area (Å²) in [5.74, 6) is -0.135. The number of para-hydroxylation sites is 1. The molecule has 0 saturated heterocycles. The summed E-state index contributed by atoms with van der Waals surface area (Å²) in [5.41, 5.74) is 2.40. The molecule has 2 heterocycles. The fourth-order valence-corrected chi connectivity index (χ4v) is 2.04. The van der Waals surface area contributed by atoms with E-state index in [-0.39, 0.29) is 11.7 Å². The van der Waals surface area contributed by atoms with E-state index >= 15 is 0 Å². The molecule has 3 rings (SSSR count). The van der Waals surface area contributed by atoms with Gasteiger partial charge in [-0.05, 0) is 35.9 Å². The first kappa shape index (κ1) is 13.8. The molecule has 110 valence electrons. The Bertz CT molecular complexity index is 784. The van der Waals surface area contributed by atoms with E-state index in [1.165, 1.54) is 0 Å². The van der Waals surface area contributed by atoms with E-state index in [4.69, 9.17) is 0 Å². The summed E-state index contributed by atoms with van der Waals surface area (Å²) in [5, 5.41) is 19.3. The number of pyridine rings is 1. The molecule has 6 heteroatoms. The Balaban J connectivity index is 1.71. The molecule has 6 nitrogen and oxygen atoms in total. The van der Waals surface area contributed by atoms with Crippen LogP contribution in [0.1, 0.15) is 16.1 Å². The topological polar surface area (TPSA) is 90.9 Å². The van der Waals surface area contributed by atoms with Crippen molar-refractivity contribution < 1.29 is 9.90 Å². The van der Waals surface area contributed by atoms with Crippen LogP contribution in [0.3, 0.4) is 0 Å². The van der Waals surface area contributed by atoms with E-state index < -0.39 is 0 Å². The number of amides is 1. The maximum Gasteiger partial charge on any atom is 0.269 e. The predicted molar refractivity (Wildman–Crippen MR) is 81.1 cm³/mol. The van der Waals surface area contributed by atoms with Gasteiger partial charge in [0.15, 0.2) is 0 Å². The standard InChI is InChI=1S/C16H14N4O2/c21-15-4-2-1-3-12(15)13-9-14(20-19-13)16(22)18-10-11-5-7-17-8-6-11/h1-9,21H,10H2,(H,18,22)(H,19,20). The van der Waals surface area contributed by atoms with Crippen molar-refractivity contribution in [1.29, 1.82) is 0 Å². The zero-order valence-electron chi connectivity index (χ0n) is 11.7. The summed E-state index contributed by atoms with van der Waals surface area (Å²) in [6.45, 7) is 0.409. The minimum atomic E-state index is -0.258. The molecule has 0 radical (unpaired) electrons. The summed E-state index contributed by atoms with van der Waals surface area (Å²) in [7, 11) is 0. The van der Waals surface area contributed by atoms with Gasteiger partial charge in [-0.25, -0.2) is 0 Å². The van der Waals surface area contributed by atoms with Gasteiger partial charge in [0.05, 0.1) is 5.69 Å². The van der Waals surface area contributed by atoms with Crippen LogP contribution >= 0.6 is 0 Å². The highest BCUT2D eigenvalue weighted by atomic mass is 16.3. The molecule has 0 aliphatic heterocycles. The molecule has 0 bridgehead atoms. The Labute approximate surface area is 126 Å². The van der Waals surface area contributed by atoms with Gasteiger partial charge in [-0.2, -0.15) is 5.10 Å². The van der Waals surface area contributed by atoms with E-state index in [0.29, 0.717) is 23.5 Å². The lowest BCUT2D eigenvalue weighted by molar-refractivity contribution is 0.0946. The van der Waals surface area contributed by atoms with Gasteiger partial charge in [-0.15, -0.1) is 0 Å². The molecule has 1 aromatic carbocycles. The highest BCUT2D eigenvalue weighted by Gasteiger charge is 2.12. The van der Waals surface area contributed by atoms with Crippen molar-refractivity contribution in [2.45, 2.75) is 6.54 Å². The van der Waals surface area contributed by atoms with Crippen molar-refractivity contribution in [2.24, 2.45) is 0 Å². The molecule has 0 fully saturated rings. The number of benzene rings is 1. The maximum absolute atomic E-state index is 12.1. The van der Waals surface area contributed by atoms with Gasteiger partial charge in [0, 0.05) is 24.5 Å². The molecule has 0 saturated carbocycles. The van der Waals surface area contributed by atoms with Crippen LogP contribution in [0.4, 0.5) is 0 Å². The lowest BCUT2D eigenvalue weighted by Gasteiger charge is -2.02. The van der Waals surface area contributed by atoms with Crippen molar-refractivity contribution in [2.75, 3.05) is 0 Å². The summed E-state index contributed by atoms with van der Waals surface area (Å²) in [4.78, 5) is 16.0. The number of hydrogen-bond acceptors (Lipinski definition) is 4. The van der Waals surface area contributed by atoms with Gasteiger partial charge in [0.25, 0.3) is 5.91 Å². The molecule has 1 amide bonds. The Hall–Kier alpha value is -3.15. The monoisotopic (exact) mass is 294 g/mol. The molecular formula is C16H14N4O2. The molecule has 0 atom stereocenters. The molecule has 0 aliphatic rings. The second-order valence-corrected chi connectivity index (χ2v) is 4.72. The van der Waals surface area contributed by atoms with Crippen LogP contribution in [0.5, 0.6) is 5.75 Å². The molecule has 2 aromatic heterocycles. The average molecular weight is 294 g/mol. The van der Waals surface area contributed by atoms with Gasteiger partial charge in [-0.3, -0.25) is 14.9 Å². The normalized spacial score (nSPS) is 10.4. The zero-order chi connectivity index (χ0) is 15.4. The smallest absolute Gasteiger partial charge is 0.269 e. The number of rotatable bonds is 4. The van der Waals surface area contributed by atoms with Crippen molar-refractivity contribution in [3.8, 4) is 17.0 Å². The third kappa shape index (κ3) is 2.95. The summed E-state index contributed by atoms with van der Waals surface area (Å²) in [6, 6.07) is 12.1. The number of phenolic OH excluding ortho intramolecular Hbond substituents is 1. The number of hydrogen-bond donors (Lipinski definition) is 3. The minimum absolute atomic E-state index is 0.123. The first-order chi connectivity index (χ1) is 10.7. The first-order valence-electron chi connectivity index (χ1n) is 6.75. The van der Waals surface area contributed by atoms with Gasteiger partial charge in [-0.1, -0.05) is 12.1 Å². The van der Waals surface area contributed by atoms with Crippen LogP contribution < -0.4 is 5.32 Å². The lowest BCUT2D eigenvalue weighted by atomic mass is 10.1. The Kier molecular flexibility index (Phi) is 3.82. The number of carbonyl (C=O) groups excluding carboxylic acids is 1. The quantitative estimate of drug-likeness (QED) is 0.687. The van der Waals surface area contributed by atoms with E-state index in [2.05, 4.69) is 20.5 Å². The molecule has 22 heavy (non-hydrogen) atoms. The molecular weight excluding hydrogens is 280 g/mol. The zero-order valence-corrected chi connectivity index (χ0v) is 11.7. The highest BCUT2D eigenvalue weighted by molar-refractivity contribution is 5.93. The number of aromatic amines is 1. The molecule has 0 aliphatic carbocycles. The van der Waals surface area contributed by atoms with E-state index in [9.17, 15) is 9.90 Å². The van der Waals surface area contributed by atoms with Gasteiger partial charge < -0.3 is 10.4 Å². The summed E-state index contributed by atoms with van der Waals surface area (Å²) < 4.78 is 0. The van der Waals surface area contributed by atoms with Gasteiger partial charge in [0.1, 0.15) is 11.4 Å². The Morgan fingerprint density at radius 3 is 2.73 bits per heavy atom. The van der Waals surface area contributed by atoms with Crippen LogP contribution in [-0.4, -0.2) is 26.2 Å². The van der Waals surface area contributed by atoms with Crippen LogP contribution in [0.15, 0.2) is 54.9 Å².